The molecule has 0 amide bonds. The zero-order valence-electron chi connectivity index (χ0n) is 6.74. The van der Waals surface area contributed by atoms with Crippen LogP contribution >= 0.6 is 0 Å². The fraction of sp³-hybridized carbons (Fsp3) is 0. The van der Waals surface area contributed by atoms with Gasteiger partial charge in [0.25, 0.3) is 0 Å². The van der Waals surface area contributed by atoms with Gasteiger partial charge in [0.1, 0.15) is 0 Å². The molecule has 0 aliphatic rings. The number of fused-ring (bicyclic) bond motifs is 1. The van der Waals surface area contributed by atoms with Crippen LogP contribution in [0.4, 0.5) is 0 Å². The van der Waals surface area contributed by atoms with Crippen LogP contribution in [0.3, 0.4) is 0 Å². The molecule has 2 heteroatoms. The van der Waals surface area contributed by atoms with Crippen molar-refractivity contribution in [3.8, 4) is 0 Å². The molecule has 13 heavy (non-hydrogen) atoms. The number of hydrogen-bond donors (Lipinski definition) is 1. The Kier molecular flexibility index (Phi) is 1.74. The van der Waals surface area contributed by atoms with E-state index in [1.54, 1.807) is 30.3 Å². The molecule has 2 radical (unpaired) electrons. The van der Waals surface area contributed by atoms with E-state index in [4.69, 9.17) is 5.11 Å². The van der Waals surface area contributed by atoms with Crippen LogP contribution in [0.2, 0.25) is 0 Å². The van der Waals surface area contributed by atoms with Gasteiger partial charge in [-0.3, -0.25) is 0 Å². The monoisotopic (exact) mass is 170 g/mol. The van der Waals surface area contributed by atoms with Crippen molar-refractivity contribution >= 4 is 16.7 Å². The molecule has 0 unspecified atom stereocenters. The van der Waals surface area contributed by atoms with Crippen molar-refractivity contribution in [3.63, 3.8) is 0 Å². The third-order valence-corrected chi connectivity index (χ3v) is 1.83. The number of aromatic carboxylic acids is 1. The summed E-state index contributed by atoms with van der Waals surface area (Å²) in [6, 6.07) is 14.3. The van der Waals surface area contributed by atoms with E-state index in [1.807, 2.05) is 0 Å². The first kappa shape index (κ1) is 7.80. The van der Waals surface area contributed by atoms with Crippen LogP contribution in [0, 0.1) is 12.1 Å². The minimum absolute atomic E-state index is 0.281. The Balaban J connectivity index is 2.69. The first-order valence-corrected chi connectivity index (χ1v) is 3.83. The van der Waals surface area contributed by atoms with Gasteiger partial charge in [-0.15, -0.1) is 0 Å². The Morgan fingerprint density at radius 3 is 2.54 bits per heavy atom. The second-order valence-electron chi connectivity index (χ2n) is 2.69. The minimum Gasteiger partial charge on any atom is -0.478 e. The Hall–Kier alpha value is -1.83. The number of carbonyl (C=O) groups is 1. The topological polar surface area (TPSA) is 37.3 Å². The molecule has 62 valence electrons. The molecule has 2 nitrogen and oxygen atoms in total. The standard InChI is InChI=1S/C11H6O2/c12-11(13)10-6-5-8-3-1-2-4-9(8)7-10/h1-2,5-7H,(H,12,13). The fourth-order valence-corrected chi connectivity index (χ4v) is 1.19. The van der Waals surface area contributed by atoms with Gasteiger partial charge in [0, 0.05) is 0 Å². The smallest absolute Gasteiger partial charge is 0.335 e. The van der Waals surface area contributed by atoms with Crippen LogP contribution in [-0.4, -0.2) is 11.1 Å². The zero-order valence-corrected chi connectivity index (χ0v) is 6.74. The van der Waals surface area contributed by atoms with Gasteiger partial charge >= 0.3 is 5.97 Å². The van der Waals surface area contributed by atoms with E-state index in [0.29, 0.717) is 0 Å². The van der Waals surface area contributed by atoms with Gasteiger partial charge in [-0.05, 0) is 35.0 Å². The van der Waals surface area contributed by atoms with E-state index < -0.39 is 5.97 Å². The average Bonchev–Trinajstić information content (AvgIpc) is 2.17. The molecular formula is C11H6O2. The summed E-state index contributed by atoms with van der Waals surface area (Å²) in [5.41, 5.74) is 0.281. The van der Waals surface area contributed by atoms with Crippen molar-refractivity contribution in [2.75, 3.05) is 0 Å². The van der Waals surface area contributed by atoms with Crippen LogP contribution in [0.5, 0.6) is 0 Å². The second-order valence-corrected chi connectivity index (χ2v) is 2.69. The molecule has 0 fully saturated rings. The number of hydrogen-bond acceptors (Lipinski definition) is 1. The van der Waals surface area contributed by atoms with E-state index in [9.17, 15) is 4.79 Å². The van der Waals surface area contributed by atoms with Gasteiger partial charge in [0.15, 0.2) is 0 Å². The van der Waals surface area contributed by atoms with Crippen LogP contribution in [-0.2, 0) is 0 Å². The van der Waals surface area contributed by atoms with E-state index in [-0.39, 0.29) is 5.56 Å². The minimum atomic E-state index is -0.917. The molecule has 0 heterocycles. The Bertz CT molecular complexity index is 460. The first-order chi connectivity index (χ1) is 6.27. The molecule has 1 N–H and O–H groups in total. The van der Waals surface area contributed by atoms with Crippen molar-refractivity contribution in [1.82, 2.24) is 0 Å². The Labute approximate surface area is 75.4 Å². The summed E-state index contributed by atoms with van der Waals surface area (Å²) >= 11 is 0. The maximum atomic E-state index is 10.6. The third-order valence-electron chi connectivity index (χ3n) is 1.83. The maximum Gasteiger partial charge on any atom is 0.335 e. The zero-order chi connectivity index (χ0) is 9.26. The summed E-state index contributed by atoms with van der Waals surface area (Å²) in [7, 11) is 0. The number of carboxylic acids is 1. The summed E-state index contributed by atoms with van der Waals surface area (Å²) < 4.78 is 0. The van der Waals surface area contributed by atoms with Crippen LogP contribution in [0.15, 0.2) is 30.3 Å². The molecule has 0 saturated carbocycles. The lowest BCUT2D eigenvalue weighted by Gasteiger charge is -1.97. The van der Waals surface area contributed by atoms with Gasteiger partial charge < -0.3 is 5.11 Å². The quantitative estimate of drug-likeness (QED) is 0.711. The van der Waals surface area contributed by atoms with Gasteiger partial charge in [-0.2, -0.15) is 0 Å². The van der Waals surface area contributed by atoms with E-state index in [1.165, 1.54) is 0 Å². The average molecular weight is 170 g/mol. The number of carboxylic acid groups (broad SMARTS) is 1. The third kappa shape index (κ3) is 1.38. The summed E-state index contributed by atoms with van der Waals surface area (Å²) in [4.78, 5) is 10.6. The molecule has 0 bridgehead atoms. The molecule has 2 aromatic rings. The lowest BCUT2D eigenvalue weighted by molar-refractivity contribution is 0.0697. The SMILES string of the molecule is O=C(O)c1ccc2[c]cc[c]c2c1. The normalized spacial score (nSPS) is 10.2. The molecule has 2 rings (SSSR count). The number of benzene rings is 2. The Morgan fingerprint density at radius 2 is 1.85 bits per heavy atom. The maximum absolute atomic E-state index is 10.6. The van der Waals surface area contributed by atoms with Crippen molar-refractivity contribution < 1.29 is 9.90 Å². The number of rotatable bonds is 1. The second kappa shape index (κ2) is 2.90. The summed E-state index contributed by atoms with van der Waals surface area (Å²) in [6.07, 6.45) is 0. The van der Waals surface area contributed by atoms with Gasteiger partial charge in [0.2, 0.25) is 0 Å². The largest absolute Gasteiger partial charge is 0.478 e. The highest BCUT2D eigenvalue weighted by atomic mass is 16.4. The van der Waals surface area contributed by atoms with E-state index in [2.05, 4.69) is 12.1 Å². The highest BCUT2D eigenvalue weighted by Crippen LogP contribution is 2.14. The van der Waals surface area contributed by atoms with Gasteiger partial charge in [-0.25, -0.2) is 4.79 Å². The molecule has 0 spiro atoms. The lowest BCUT2D eigenvalue weighted by Crippen LogP contribution is -1.94. The summed E-state index contributed by atoms with van der Waals surface area (Å²) in [5.74, 6) is -0.917. The van der Waals surface area contributed by atoms with Gasteiger partial charge in [0.05, 0.1) is 5.56 Å². The Morgan fingerprint density at radius 1 is 1.15 bits per heavy atom. The van der Waals surface area contributed by atoms with E-state index in [0.717, 1.165) is 10.8 Å². The molecule has 0 aromatic heterocycles. The van der Waals surface area contributed by atoms with Crippen molar-refractivity contribution in [1.29, 1.82) is 0 Å². The molecule has 0 aliphatic carbocycles. The highest BCUT2D eigenvalue weighted by Gasteiger charge is 2.02. The molecule has 0 saturated heterocycles. The molecular weight excluding hydrogens is 164 g/mol. The predicted octanol–water partition coefficient (Wildman–Crippen LogP) is 2.14. The van der Waals surface area contributed by atoms with Crippen molar-refractivity contribution in [2.24, 2.45) is 0 Å². The molecule has 0 atom stereocenters. The van der Waals surface area contributed by atoms with Crippen molar-refractivity contribution in [3.05, 3.63) is 48.0 Å². The van der Waals surface area contributed by atoms with Crippen LogP contribution in [0.25, 0.3) is 10.8 Å². The lowest BCUT2D eigenvalue weighted by atomic mass is 10.1. The van der Waals surface area contributed by atoms with Crippen LogP contribution < -0.4 is 0 Å². The first-order valence-electron chi connectivity index (χ1n) is 3.83. The summed E-state index contributed by atoms with van der Waals surface area (Å²) in [5, 5.41) is 10.4. The van der Waals surface area contributed by atoms with Crippen LogP contribution in [0.1, 0.15) is 10.4 Å². The van der Waals surface area contributed by atoms with E-state index >= 15 is 0 Å². The highest BCUT2D eigenvalue weighted by molar-refractivity contribution is 5.93. The van der Waals surface area contributed by atoms with Crippen molar-refractivity contribution in [2.45, 2.75) is 0 Å². The van der Waals surface area contributed by atoms with Gasteiger partial charge in [-0.1, -0.05) is 18.2 Å². The molecule has 0 aliphatic heterocycles. The fourth-order valence-electron chi connectivity index (χ4n) is 1.19. The summed E-state index contributed by atoms with van der Waals surface area (Å²) in [6.45, 7) is 0. The molecule has 2 aromatic carbocycles. The predicted molar refractivity (Wildman–Crippen MR) is 48.6 cm³/mol.